The van der Waals surface area contributed by atoms with Gasteiger partial charge < -0.3 is 5.32 Å². The van der Waals surface area contributed by atoms with Crippen LogP contribution in [0.4, 0.5) is 0 Å². The predicted molar refractivity (Wildman–Crippen MR) is 49.7 cm³/mol. The molecule has 66 valence electrons. The standard InChI is InChI=1S/C10H21N/c1-9(2)6-7-10-5-3-4-8-11-10/h9-11H,3-8H2,1-2H3. The number of hydrogen-bond donors (Lipinski definition) is 1. The topological polar surface area (TPSA) is 12.0 Å². The third kappa shape index (κ3) is 3.76. The normalized spacial score (nSPS) is 25.9. The molecule has 0 spiro atoms. The number of piperidine rings is 1. The molecule has 0 aromatic carbocycles. The number of nitrogens with one attached hydrogen (secondary N) is 1. The second-order valence-corrected chi connectivity index (χ2v) is 4.12. The van der Waals surface area contributed by atoms with Crippen molar-refractivity contribution >= 4 is 0 Å². The molecular formula is C10H21N. The first-order valence-electron chi connectivity index (χ1n) is 5.02. The van der Waals surface area contributed by atoms with Gasteiger partial charge in [-0.2, -0.15) is 0 Å². The molecule has 1 aliphatic rings. The second-order valence-electron chi connectivity index (χ2n) is 4.12. The van der Waals surface area contributed by atoms with Crippen LogP contribution in [0.5, 0.6) is 0 Å². The van der Waals surface area contributed by atoms with Crippen LogP contribution < -0.4 is 5.32 Å². The monoisotopic (exact) mass is 155 g/mol. The van der Waals surface area contributed by atoms with Gasteiger partial charge in [-0.1, -0.05) is 20.3 Å². The Balaban J connectivity index is 2.05. The molecule has 1 N–H and O–H groups in total. The molecule has 0 aromatic rings. The first kappa shape index (κ1) is 9.05. The minimum atomic E-state index is 0.839. The summed E-state index contributed by atoms with van der Waals surface area (Å²) in [6, 6.07) is 0.839. The van der Waals surface area contributed by atoms with E-state index >= 15 is 0 Å². The third-order valence-electron chi connectivity index (χ3n) is 2.50. The minimum Gasteiger partial charge on any atom is -0.314 e. The quantitative estimate of drug-likeness (QED) is 0.660. The molecule has 1 atom stereocenters. The van der Waals surface area contributed by atoms with Gasteiger partial charge in [-0.25, -0.2) is 0 Å². The molecule has 1 saturated heterocycles. The highest BCUT2D eigenvalue weighted by atomic mass is 14.9. The maximum Gasteiger partial charge on any atom is 0.00671 e. The van der Waals surface area contributed by atoms with E-state index < -0.39 is 0 Å². The summed E-state index contributed by atoms with van der Waals surface area (Å²) in [4.78, 5) is 0. The van der Waals surface area contributed by atoms with Crippen molar-refractivity contribution in [3.05, 3.63) is 0 Å². The molecule has 0 bridgehead atoms. The van der Waals surface area contributed by atoms with Gasteiger partial charge in [-0.15, -0.1) is 0 Å². The van der Waals surface area contributed by atoms with Gasteiger partial charge >= 0.3 is 0 Å². The molecular weight excluding hydrogens is 134 g/mol. The van der Waals surface area contributed by atoms with E-state index in [-0.39, 0.29) is 0 Å². The molecule has 1 heteroatoms. The summed E-state index contributed by atoms with van der Waals surface area (Å²) in [6.45, 7) is 5.87. The van der Waals surface area contributed by atoms with Gasteiger partial charge in [0, 0.05) is 6.04 Å². The molecule has 0 saturated carbocycles. The second kappa shape index (κ2) is 4.76. The molecule has 1 fully saturated rings. The summed E-state index contributed by atoms with van der Waals surface area (Å²) in [5.74, 6) is 0.874. The first-order valence-corrected chi connectivity index (χ1v) is 5.02. The molecule has 0 aliphatic carbocycles. The summed E-state index contributed by atoms with van der Waals surface area (Å²) in [6.07, 6.45) is 7.01. The van der Waals surface area contributed by atoms with Gasteiger partial charge in [0.05, 0.1) is 0 Å². The smallest absolute Gasteiger partial charge is 0.00671 e. The Kier molecular flexibility index (Phi) is 3.92. The van der Waals surface area contributed by atoms with Crippen LogP contribution >= 0.6 is 0 Å². The van der Waals surface area contributed by atoms with Crippen molar-refractivity contribution in [1.29, 1.82) is 0 Å². The van der Waals surface area contributed by atoms with Crippen molar-refractivity contribution in [2.45, 2.75) is 52.0 Å². The van der Waals surface area contributed by atoms with E-state index in [2.05, 4.69) is 19.2 Å². The van der Waals surface area contributed by atoms with Crippen molar-refractivity contribution in [2.24, 2.45) is 5.92 Å². The SMILES string of the molecule is CC(C)CCC1CCCCN1. The van der Waals surface area contributed by atoms with Crippen LogP contribution in [0.1, 0.15) is 46.0 Å². The zero-order valence-electron chi connectivity index (χ0n) is 7.90. The minimum absolute atomic E-state index is 0.839. The Morgan fingerprint density at radius 3 is 2.73 bits per heavy atom. The van der Waals surface area contributed by atoms with E-state index in [4.69, 9.17) is 0 Å². The van der Waals surface area contributed by atoms with E-state index in [1.165, 1.54) is 38.6 Å². The van der Waals surface area contributed by atoms with Crippen LogP contribution in [0.15, 0.2) is 0 Å². The summed E-state index contributed by atoms with van der Waals surface area (Å²) < 4.78 is 0. The lowest BCUT2D eigenvalue weighted by atomic mass is 9.97. The highest BCUT2D eigenvalue weighted by Crippen LogP contribution is 2.14. The average Bonchev–Trinajstić information content (AvgIpc) is 2.03. The van der Waals surface area contributed by atoms with Crippen molar-refractivity contribution in [3.63, 3.8) is 0 Å². The highest BCUT2D eigenvalue weighted by molar-refractivity contribution is 4.72. The molecule has 0 radical (unpaired) electrons. The Morgan fingerprint density at radius 2 is 2.18 bits per heavy atom. The van der Waals surface area contributed by atoms with Crippen LogP contribution in [0, 0.1) is 5.92 Å². The van der Waals surface area contributed by atoms with Crippen LogP contribution in [-0.2, 0) is 0 Å². The summed E-state index contributed by atoms with van der Waals surface area (Å²) >= 11 is 0. The van der Waals surface area contributed by atoms with Gasteiger partial charge in [0.1, 0.15) is 0 Å². The van der Waals surface area contributed by atoms with Crippen LogP contribution in [-0.4, -0.2) is 12.6 Å². The van der Waals surface area contributed by atoms with Gasteiger partial charge in [0.15, 0.2) is 0 Å². The largest absolute Gasteiger partial charge is 0.314 e. The van der Waals surface area contributed by atoms with E-state index in [1.54, 1.807) is 0 Å². The lowest BCUT2D eigenvalue weighted by molar-refractivity contribution is 0.358. The van der Waals surface area contributed by atoms with Crippen LogP contribution in [0.3, 0.4) is 0 Å². The summed E-state index contributed by atoms with van der Waals surface area (Å²) in [5.41, 5.74) is 0. The lowest BCUT2D eigenvalue weighted by Gasteiger charge is -2.23. The lowest BCUT2D eigenvalue weighted by Crippen LogP contribution is -2.33. The Bertz CT molecular complexity index is 93.0. The molecule has 11 heavy (non-hydrogen) atoms. The Labute approximate surface area is 70.6 Å². The van der Waals surface area contributed by atoms with E-state index in [0.717, 1.165) is 12.0 Å². The van der Waals surface area contributed by atoms with Crippen molar-refractivity contribution in [3.8, 4) is 0 Å². The van der Waals surface area contributed by atoms with Crippen LogP contribution in [0.2, 0.25) is 0 Å². The fourth-order valence-corrected chi connectivity index (χ4v) is 1.70. The fourth-order valence-electron chi connectivity index (χ4n) is 1.70. The van der Waals surface area contributed by atoms with E-state index in [1.807, 2.05) is 0 Å². The van der Waals surface area contributed by atoms with Gasteiger partial charge in [0.2, 0.25) is 0 Å². The van der Waals surface area contributed by atoms with Gasteiger partial charge in [0.25, 0.3) is 0 Å². The molecule has 1 aliphatic heterocycles. The number of rotatable bonds is 3. The Morgan fingerprint density at radius 1 is 1.36 bits per heavy atom. The van der Waals surface area contributed by atoms with Crippen molar-refractivity contribution in [1.82, 2.24) is 5.32 Å². The Hall–Kier alpha value is -0.0400. The van der Waals surface area contributed by atoms with Crippen molar-refractivity contribution < 1.29 is 0 Å². The molecule has 1 unspecified atom stereocenters. The number of hydrogen-bond acceptors (Lipinski definition) is 1. The fraction of sp³-hybridized carbons (Fsp3) is 1.00. The maximum absolute atomic E-state index is 3.57. The predicted octanol–water partition coefficient (Wildman–Crippen LogP) is 2.56. The molecule has 0 aromatic heterocycles. The zero-order valence-corrected chi connectivity index (χ0v) is 7.90. The zero-order chi connectivity index (χ0) is 8.10. The molecule has 0 amide bonds. The molecule has 1 heterocycles. The highest BCUT2D eigenvalue weighted by Gasteiger charge is 2.11. The van der Waals surface area contributed by atoms with Gasteiger partial charge in [-0.05, 0) is 38.1 Å². The maximum atomic E-state index is 3.57. The summed E-state index contributed by atoms with van der Waals surface area (Å²) in [5, 5.41) is 3.57. The third-order valence-corrected chi connectivity index (χ3v) is 2.50. The molecule has 1 nitrogen and oxygen atoms in total. The van der Waals surface area contributed by atoms with E-state index in [0.29, 0.717) is 0 Å². The summed E-state index contributed by atoms with van der Waals surface area (Å²) in [7, 11) is 0. The first-order chi connectivity index (χ1) is 5.29. The van der Waals surface area contributed by atoms with Crippen molar-refractivity contribution in [2.75, 3.05) is 6.54 Å². The van der Waals surface area contributed by atoms with Crippen LogP contribution in [0.25, 0.3) is 0 Å². The van der Waals surface area contributed by atoms with E-state index in [9.17, 15) is 0 Å². The molecule has 1 rings (SSSR count). The average molecular weight is 155 g/mol. The van der Waals surface area contributed by atoms with Gasteiger partial charge in [-0.3, -0.25) is 0 Å².